The minimum Gasteiger partial charge on any atom is -0.870 e. The number of H-pyrrole nitrogens is 2. The molecule has 6 radical (unpaired) electrons. The van der Waals surface area contributed by atoms with Gasteiger partial charge in [0.1, 0.15) is 0 Å². The molecule has 72 heavy (non-hydrogen) atoms. The fraction of sp³-hybridized carbons (Fsp3) is 0. The monoisotopic (exact) mass is 1310 g/mol. The van der Waals surface area contributed by atoms with E-state index in [-0.39, 0.29) is 135 Å². The van der Waals surface area contributed by atoms with Crippen LogP contribution >= 0.6 is 0 Å². The molecule has 36 heteroatoms. The molecule has 0 bridgehead atoms. The third kappa shape index (κ3) is 144. The zero-order valence-electron chi connectivity index (χ0n) is 36.2. The third-order valence-electron chi connectivity index (χ3n) is 3.71. The summed E-state index contributed by atoms with van der Waals surface area (Å²) in [5, 5.41) is 90.6. The molecule has 0 saturated heterocycles. The van der Waals surface area contributed by atoms with Crippen LogP contribution in [0.5, 0.6) is 0 Å². The van der Waals surface area contributed by atoms with Gasteiger partial charge in [0, 0.05) is 62.0 Å². The maximum Gasteiger partial charge on any atom is 2.00 e. The molecular formula is C36H48Cu6N16O14. The molecule has 0 amide bonds. The topological polar surface area (TPSA) is 566 Å². The Kier molecular flexibility index (Phi) is 164. The summed E-state index contributed by atoms with van der Waals surface area (Å²) in [4.78, 5) is 36.6. The van der Waals surface area contributed by atoms with Gasteiger partial charge in [-0.25, -0.2) is 0 Å². The second kappa shape index (κ2) is 106. The maximum absolute atomic E-state index is 9.14. The molecule has 0 aliphatic carbocycles. The summed E-state index contributed by atoms with van der Waals surface area (Å²) in [6.07, 6.45) is 29.5. The SMILES string of the molecule is C=CC(=O)[O-].C=CC(=O)[O-].C=CC(=O)[O-].C=CC(=O)[O-].O.O.O.O.[Cu+2].[Cu+2].[Cu+2].[Cu+2].[Cu+2].[Cu+2].[OH-].[OH-].c1cn[n-]c1.c1cn[n-]c1.c1cn[n-]c1.c1cn[n-]c1.c1cn[n-]c1.c1cn[n-]c1.c1cn[nH]c1.c1cn[nH]c1. The molecule has 8 aromatic rings. The van der Waals surface area contributed by atoms with E-state index in [0.29, 0.717) is 0 Å². The van der Waals surface area contributed by atoms with Crippen molar-refractivity contribution in [2.45, 2.75) is 0 Å². The zero-order valence-corrected chi connectivity index (χ0v) is 41.9. The smallest absolute Gasteiger partial charge is 0.870 e. The van der Waals surface area contributed by atoms with Crippen molar-refractivity contribution in [3.63, 3.8) is 0 Å². The number of hydrogen-bond donors (Lipinski definition) is 2. The summed E-state index contributed by atoms with van der Waals surface area (Å²) in [7, 11) is 0. The van der Waals surface area contributed by atoms with Gasteiger partial charge in [-0.05, 0) is 36.4 Å². The first kappa shape index (κ1) is 111. The van der Waals surface area contributed by atoms with Crippen LogP contribution in [0, 0.1) is 0 Å². The van der Waals surface area contributed by atoms with Gasteiger partial charge in [0.2, 0.25) is 0 Å². The third-order valence-corrected chi connectivity index (χ3v) is 3.71. The van der Waals surface area contributed by atoms with Crippen molar-refractivity contribution in [1.29, 1.82) is 0 Å². The van der Waals surface area contributed by atoms with Crippen molar-refractivity contribution in [1.82, 2.24) is 81.6 Å². The predicted molar refractivity (Wildman–Crippen MR) is 222 cm³/mol. The Morgan fingerprint density at radius 3 is 0.528 bits per heavy atom. The predicted octanol–water partition coefficient (Wildman–Crippen LogP) is -6.93. The summed E-state index contributed by atoms with van der Waals surface area (Å²) in [5.41, 5.74) is 0. The van der Waals surface area contributed by atoms with Crippen LogP contribution in [-0.2, 0) is 122 Å². The van der Waals surface area contributed by atoms with E-state index in [9.17, 15) is 0 Å². The summed E-state index contributed by atoms with van der Waals surface area (Å²) in [5.74, 6) is -4.93. The van der Waals surface area contributed by atoms with Crippen molar-refractivity contribution in [3.05, 3.63) is 198 Å². The van der Waals surface area contributed by atoms with E-state index in [1.807, 2.05) is 12.1 Å². The van der Waals surface area contributed by atoms with E-state index < -0.39 is 23.9 Å². The van der Waals surface area contributed by atoms with Gasteiger partial charge in [0.25, 0.3) is 0 Å². The number of aromatic amines is 2. The van der Waals surface area contributed by atoms with Gasteiger partial charge >= 0.3 is 102 Å². The van der Waals surface area contributed by atoms with Gasteiger partial charge in [-0.2, -0.15) is 47.4 Å². The summed E-state index contributed by atoms with van der Waals surface area (Å²) >= 11 is 0. The number of nitrogens with one attached hydrogen (secondary N) is 2. The molecule has 0 atom stereocenters. The number of hydrogen-bond acceptors (Lipinski definition) is 18. The number of carboxylic acid groups (broad SMARTS) is 4. The van der Waals surface area contributed by atoms with E-state index in [2.05, 4.69) is 108 Å². The largest absolute Gasteiger partial charge is 2.00 e. The van der Waals surface area contributed by atoms with Gasteiger partial charge < -0.3 is 134 Å². The quantitative estimate of drug-likeness (QED) is 0.122. The minimum atomic E-state index is -1.23. The van der Waals surface area contributed by atoms with Crippen LogP contribution in [0.2, 0.25) is 0 Å². The van der Waals surface area contributed by atoms with Crippen LogP contribution in [0.15, 0.2) is 198 Å². The van der Waals surface area contributed by atoms with Gasteiger partial charge in [-0.3, -0.25) is 10.2 Å². The number of carbonyl (C=O) groups is 4. The molecule has 12 N–H and O–H groups in total. The molecule has 0 saturated carbocycles. The van der Waals surface area contributed by atoms with Crippen LogP contribution in [0.25, 0.3) is 0 Å². The molecule has 8 rings (SSSR count). The van der Waals surface area contributed by atoms with Crippen LogP contribution in [0.3, 0.4) is 0 Å². The van der Waals surface area contributed by atoms with Crippen molar-refractivity contribution in [3.8, 4) is 0 Å². The van der Waals surface area contributed by atoms with Gasteiger partial charge in [-0.1, -0.05) is 62.7 Å². The first-order valence-corrected chi connectivity index (χ1v) is 15.6. The van der Waals surface area contributed by atoms with E-state index >= 15 is 0 Å². The van der Waals surface area contributed by atoms with Crippen LogP contribution in [0.1, 0.15) is 0 Å². The molecule has 8 heterocycles. The van der Waals surface area contributed by atoms with E-state index in [1.54, 1.807) is 136 Å². The maximum atomic E-state index is 9.14. The molecule has 0 aliphatic rings. The van der Waals surface area contributed by atoms with Crippen LogP contribution in [0.4, 0.5) is 0 Å². The number of carbonyl (C=O) groups excluding carboxylic acids is 4. The Bertz CT molecular complexity index is 1400. The average molecular weight is 1310 g/mol. The summed E-state index contributed by atoms with van der Waals surface area (Å²) in [6, 6.07) is 14.3. The second-order valence-electron chi connectivity index (χ2n) is 7.95. The molecule has 422 valence electrons. The Hall–Kier alpha value is -6.60. The Balaban J connectivity index is -0.0000000334. The number of aromatic nitrogens is 16. The molecular weight excluding hydrogens is 1260 g/mol. The Labute approximate surface area is 475 Å². The molecule has 0 aromatic carbocycles. The zero-order chi connectivity index (χ0) is 45.4. The van der Waals surface area contributed by atoms with Crippen molar-refractivity contribution in [2.75, 3.05) is 0 Å². The normalized spacial score (nSPS) is 6.22. The van der Waals surface area contributed by atoms with E-state index in [0.717, 1.165) is 24.3 Å². The van der Waals surface area contributed by atoms with Crippen molar-refractivity contribution < 1.29 is 175 Å². The molecule has 0 fully saturated rings. The van der Waals surface area contributed by atoms with Gasteiger partial charge in [0.15, 0.2) is 0 Å². The standard InChI is InChI=1S/2C3H4N2.6C3H3N2.4C3H4O2.6Cu.6H2O/c8*1-2-4-5-3-1;4*1-2-3(4)5;;;;;;;;;;;;/h2*1-3H,(H,4,5);6*1-3H;4*2H,1H2,(H,4,5);;;;;;;6*1H2/q;;6*-1;;;;;6*+2;;;;;;/p-6. The van der Waals surface area contributed by atoms with Crippen molar-refractivity contribution in [2.24, 2.45) is 0 Å². The minimum absolute atomic E-state index is 0. The number of nitrogens with zero attached hydrogens (tertiary/aromatic N) is 14. The molecule has 0 aliphatic heterocycles. The fourth-order valence-corrected chi connectivity index (χ4v) is 1.59. The Morgan fingerprint density at radius 1 is 0.347 bits per heavy atom. The number of rotatable bonds is 4. The first-order valence-electron chi connectivity index (χ1n) is 15.6. The second-order valence-corrected chi connectivity index (χ2v) is 7.95. The van der Waals surface area contributed by atoms with Crippen LogP contribution < -0.4 is 51.0 Å². The van der Waals surface area contributed by atoms with E-state index in [1.165, 1.54) is 0 Å². The average Bonchev–Trinajstić information content (AvgIpc) is 4.14. The Morgan fingerprint density at radius 2 is 0.500 bits per heavy atom. The first-order chi connectivity index (χ1) is 29.1. The number of carboxylic acids is 4. The van der Waals surface area contributed by atoms with Gasteiger partial charge in [-0.15, -0.1) is 0 Å². The molecule has 30 nitrogen and oxygen atoms in total. The number of aliphatic carboxylic acids is 4. The van der Waals surface area contributed by atoms with Crippen molar-refractivity contribution >= 4 is 23.9 Å². The van der Waals surface area contributed by atoms with E-state index in [4.69, 9.17) is 39.6 Å². The molecule has 8 aromatic heterocycles. The summed E-state index contributed by atoms with van der Waals surface area (Å²) in [6.45, 7) is 11.6. The molecule has 0 unspecified atom stereocenters. The molecule has 0 spiro atoms. The fourth-order valence-electron chi connectivity index (χ4n) is 1.59. The van der Waals surface area contributed by atoms with Gasteiger partial charge in [0.05, 0.1) is 23.9 Å². The van der Waals surface area contributed by atoms with Crippen LogP contribution in [-0.4, -0.2) is 108 Å². The summed E-state index contributed by atoms with van der Waals surface area (Å²) < 4.78 is 0.